The molecule has 0 amide bonds. The average molecular weight is 768 g/mol. The largest absolute Gasteiger partial charge is 0.756 e. The Morgan fingerprint density at radius 1 is 0.585 bits per heavy atom. The minimum absolute atomic E-state index is 0.0208. The third-order valence-electron chi connectivity index (χ3n) is 8.85. The number of hydrogen-bond donors (Lipinski definition) is 0. The first kappa shape index (κ1) is 51.5. The van der Waals surface area contributed by atoms with E-state index < -0.39 is 13.9 Å². The summed E-state index contributed by atoms with van der Waals surface area (Å²) < 4.78 is 34.5. The zero-order valence-electron chi connectivity index (χ0n) is 35.0. The van der Waals surface area contributed by atoms with Gasteiger partial charge in [-0.1, -0.05) is 140 Å². The second kappa shape index (κ2) is 37.4. The third-order valence-corrected chi connectivity index (χ3v) is 9.82. The number of nitrogens with zero attached hydrogens (tertiary/aromatic N) is 1. The van der Waals surface area contributed by atoms with Crippen molar-refractivity contribution in [3.05, 3.63) is 48.6 Å². The van der Waals surface area contributed by atoms with E-state index in [4.69, 9.17) is 18.5 Å². The lowest BCUT2D eigenvalue weighted by Crippen LogP contribution is -2.37. The molecule has 0 saturated carbocycles. The van der Waals surface area contributed by atoms with Crippen LogP contribution in [-0.2, 0) is 27.9 Å². The van der Waals surface area contributed by atoms with Crippen LogP contribution in [0.1, 0.15) is 168 Å². The van der Waals surface area contributed by atoms with E-state index in [1.807, 2.05) is 21.1 Å². The summed E-state index contributed by atoms with van der Waals surface area (Å²) in [6.45, 7) is 5.30. The highest BCUT2D eigenvalue weighted by atomic mass is 31.2. The molecular formula is C44H82NO7P. The molecule has 0 aromatic rings. The second-order valence-electron chi connectivity index (χ2n) is 15.3. The first-order valence-electron chi connectivity index (χ1n) is 21.4. The van der Waals surface area contributed by atoms with Crippen LogP contribution in [0.25, 0.3) is 0 Å². The van der Waals surface area contributed by atoms with E-state index in [0.29, 0.717) is 24.1 Å². The Morgan fingerprint density at radius 2 is 1.06 bits per heavy atom. The van der Waals surface area contributed by atoms with Crippen LogP contribution in [-0.4, -0.2) is 70.7 Å². The molecule has 2 atom stereocenters. The van der Waals surface area contributed by atoms with E-state index in [1.54, 1.807) is 0 Å². The van der Waals surface area contributed by atoms with E-state index in [9.17, 15) is 14.3 Å². The zero-order chi connectivity index (χ0) is 39.1. The molecule has 0 aliphatic carbocycles. The number of quaternary nitrogens is 1. The Bertz CT molecular complexity index is 989. The molecule has 0 spiro atoms. The predicted octanol–water partition coefficient (Wildman–Crippen LogP) is 11.7. The summed E-state index contributed by atoms with van der Waals surface area (Å²) in [6, 6.07) is 0. The quantitative estimate of drug-likeness (QED) is 0.0202. The molecule has 0 aliphatic heterocycles. The lowest BCUT2D eigenvalue weighted by molar-refractivity contribution is -0.870. The van der Waals surface area contributed by atoms with Crippen LogP contribution in [0.5, 0.6) is 0 Å². The molecule has 0 aromatic heterocycles. The molecule has 310 valence electrons. The highest BCUT2D eigenvalue weighted by Crippen LogP contribution is 2.38. The molecule has 0 aliphatic rings. The van der Waals surface area contributed by atoms with Crippen molar-refractivity contribution in [1.82, 2.24) is 0 Å². The molecule has 2 unspecified atom stereocenters. The van der Waals surface area contributed by atoms with Gasteiger partial charge >= 0.3 is 5.97 Å². The van der Waals surface area contributed by atoms with Crippen LogP contribution in [0.3, 0.4) is 0 Å². The van der Waals surface area contributed by atoms with Crippen molar-refractivity contribution in [1.29, 1.82) is 0 Å². The molecule has 0 saturated heterocycles. The number of carbonyl (C=O) groups is 1. The SMILES string of the molecule is CCCC/C=C\CCCCCCCC(=O)OC(COCCCCCCCCC/C=C\C/C=C\C/C=C\CCCCC)COP(=O)([O-])OCC[N+](C)(C)C. The van der Waals surface area contributed by atoms with Gasteiger partial charge in [0.1, 0.15) is 19.3 Å². The predicted molar refractivity (Wildman–Crippen MR) is 222 cm³/mol. The Morgan fingerprint density at radius 3 is 1.62 bits per heavy atom. The Labute approximate surface area is 327 Å². The molecule has 0 heterocycles. The molecule has 0 rings (SSSR count). The summed E-state index contributed by atoms with van der Waals surface area (Å²) >= 11 is 0. The Balaban J connectivity index is 4.23. The van der Waals surface area contributed by atoms with Gasteiger partial charge in [0, 0.05) is 13.0 Å². The van der Waals surface area contributed by atoms with Gasteiger partial charge in [0.15, 0.2) is 0 Å². The van der Waals surface area contributed by atoms with Crippen molar-refractivity contribution in [2.24, 2.45) is 0 Å². The molecule has 53 heavy (non-hydrogen) atoms. The minimum Gasteiger partial charge on any atom is -0.756 e. The van der Waals surface area contributed by atoms with Crippen molar-refractivity contribution < 1.29 is 37.3 Å². The first-order valence-corrected chi connectivity index (χ1v) is 22.8. The second-order valence-corrected chi connectivity index (χ2v) is 16.8. The molecule has 0 aromatic carbocycles. The normalized spacial score (nSPS) is 14.3. The molecular weight excluding hydrogens is 685 g/mol. The number of carbonyl (C=O) groups excluding carboxylic acids is 1. The number of unbranched alkanes of at least 4 members (excludes halogenated alkanes) is 17. The summed E-state index contributed by atoms with van der Waals surface area (Å²) in [5.41, 5.74) is 0. The molecule has 9 heteroatoms. The van der Waals surface area contributed by atoms with E-state index in [0.717, 1.165) is 70.6 Å². The van der Waals surface area contributed by atoms with Crippen molar-refractivity contribution in [3.8, 4) is 0 Å². The lowest BCUT2D eigenvalue weighted by atomic mass is 10.1. The molecule has 8 nitrogen and oxygen atoms in total. The van der Waals surface area contributed by atoms with E-state index in [1.165, 1.54) is 77.0 Å². The standard InChI is InChI=1S/C44H82NO7P/c1-6-8-10-12-14-16-18-19-20-21-22-23-24-25-26-28-30-32-34-36-39-49-41-43(42-51-53(47,48)50-40-38-45(3,4)5)52-44(46)37-35-33-31-29-27-17-15-13-11-9-7-2/h13-16,19-20,22-23,43H,6-12,17-18,21,24-42H2,1-5H3/b15-13-,16-14-,20-19-,23-22-. The van der Waals surface area contributed by atoms with Crippen molar-refractivity contribution >= 4 is 13.8 Å². The van der Waals surface area contributed by atoms with E-state index in [-0.39, 0.29) is 25.8 Å². The van der Waals surface area contributed by atoms with Gasteiger partial charge in [-0.3, -0.25) is 9.36 Å². The number of phosphoric acid groups is 1. The maximum Gasteiger partial charge on any atom is 0.306 e. The monoisotopic (exact) mass is 768 g/mol. The number of hydrogen-bond acceptors (Lipinski definition) is 7. The smallest absolute Gasteiger partial charge is 0.306 e. The van der Waals surface area contributed by atoms with Gasteiger partial charge in [-0.25, -0.2) is 0 Å². The fourth-order valence-electron chi connectivity index (χ4n) is 5.47. The third kappa shape index (κ3) is 41.5. The number of esters is 1. The number of likely N-dealkylation sites (N-methyl/N-ethyl adjacent to an activating group) is 1. The van der Waals surface area contributed by atoms with Gasteiger partial charge in [-0.05, 0) is 70.6 Å². The van der Waals surface area contributed by atoms with Crippen molar-refractivity contribution in [2.45, 2.75) is 174 Å². The van der Waals surface area contributed by atoms with E-state index >= 15 is 0 Å². The Hall–Kier alpha value is -1.54. The summed E-state index contributed by atoms with van der Waals surface area (Å²) in [5, 5.41) is 0. The fourth-order valence-corrected chi connectivity index (χ4v) is 6.20. The lowest BCUT2D eigenvalue weighted by Gasteiger charge is -2.28. The van der Waals surface area contributed by atoms with Crippen LogP contribution in [0, 0.1) is 0 Å². The van der Waals surface area contributed by atoms with Gasteiger partial charge in [0.2, 0.25) is 0 Å². The zero-order valence-corrected chi connectivity index (χ0v) is 35.8. The maximum atomic E-state index is 12.6. The summed E-state index contributed by atoms with van der Waals surface area (Å²) in [5.74, 6) is -0.350. The molecule has 0 fully saturated rings. The van der Waals surface area contributed by atoms with Crippen molar-refractivity contribution in [3.63, 3.8) is 0 Å². The minimum atomic E-state index is -4.53. The topological polar surface area (TPSA) is 94.1 Å². The number of allylic oxidation sites excluding steroid dienone is 8. The summed E-state index contributed by atoms with van der Waals surface area (Å²) in [6.07, 6.45) is 44.1. The summed E-state index contributed by atoms with van der Waals surface area (Å²) in [7, 11) is 1.34. The Kier molecular flexibility index (Phi) is 36.3. The number of ether oxygens (including phenoxy) is 2. The molecule has 0 bridgehead atoms. The average Bonchev–Trinajstić information content (AvgIpc) is 3.11. The molecule has 0 N–H and O–H groups in total. The van der Waals surface area contributed by atoms with Gasteiger partial charge < -0.3 is 27.9 Å². The molecule has 0 radical (unpaired) electrons. The van der Waals surface area contributed by atoms with Crippen LogP contribution in [0.4, 0.5) is 0 Å². The maximum absolute atomic E-state index is 12.6. The van der Waals surface area contributed by atoms with Gasteiger partial charge in [0.05, 0.1) is 34.4 Å². The van der Waals surface area contributed by atoms with E-state index in [2.05, 4.69) is 62.5 Å². The highest BCUT2D eigenvalue weighted by molar-refractivity contribution is 7.45. The summed E-state index contributed by atoms with van der Waals surface area (Å²) in [4.78, 5) is 25.0. The number of rotatable bonds is 39. The highest BCUT2D eigenvalue weighted by Gasteiger charge is 2.20. The van der Waals surface area contributed by atoms with Gasteiger partial charge in [0.25, 0.3) is 7.82 Å². The van der Waals surface area contributed by atoms with Gasteiger partial charge in [-0.2, -0.15) is 0 Å². The van der Waals surface area contributed by atoms with Crippen molar-refractivity contribution in [2.75, 3.05) is 54.1 Å². The van der Waals surface area contributed by atoms with Crippen LogP contribution in [0.2, 0.25) is 0 Å². The van der Waals surface area contributed by atoms with Crippen LogP contribution in [0.15, 0.2) is 48.6 Å². The number of phosphoric ester groups is 1. The fraction of sp³-hybridized carbons (Fsp3) is 0.795. The van der Waals surface area contributed by atoms with Crippen LogP contribution < -0.4 is 4.89 Å². The van der Waals surface area contributed by atoms with Crippen LogP contribution >= 0.6 is 7.82 Å². The van der Waals surface area contributed by atoms with Gasteiger partial charge in [-0.15, -0.1) is 0 Å². The first-order chi connectivity index (χ1) is 25.6.